The van der Waals surface area contributed by atoms with E-state index in [0.717, 1.165) is 76.5 Å². The molecule has 4 nitrogen and oxygen atoms in total. The average molecular weight is 449 g/mol. The maximum absolute atomic E-state index is 5.68. The number of hydrogen-bond acceptors (Lipinski definition) is 4. The van der Waals surface area contributed by atoms with E-state index >= 15 is 0 Å². The van der Waals surface area contributed by atoms with Gasteiger partial charge in [-0.1, -0.05) is 53.4 Å². The monoisotopic (exact) mass is 448 g/mol. The Morgan fingerprint density at radius 3 is 1.28 bits per heavy atom. The standard InChI is InChI=1S/C28H52N2O2/c1-27(2,23-9-5-7-11-25(23)29-15-19-31-20-16-29)13-14-28(3,4)24-10-6-8-12-26(24)30-17-21-32-22-18-30/h23-26H,5-22H2,1-4H3. The molecule has 2 saturated heterocycles. The molecule has 4 atom stereocenters. The highest BCUT2D eigenvalue weighted by atomic mass is 16.5. The summed E-state index contributed by atoms with van der Waals surface area (Å²) in [4.78, 5) is 5.58. The smallest absolute Gasteiger partial charge is 0.0594 e. The number of hydrogen-bond donors (Lipinski definition) is 0. The molecule has 0 N–H and O–H groups in total. The molecule has 4 fully saturated rings. The van der Waals surface area contributed by atoms with Gasteiger partial charge in [0.25, 0.3) is 0 Å². The molecule has 0 radical (unpaired) electrons. The van der Waals surface area contributed by atoms with Crippen LogP contribution in [0, 0.1) is 22.7 Å². The Bertz CT molecular complexity index is 516. The summed E-state index contributed by atoms with van der Waals surface area (Å²) >= 11 is 0. The van der Waals surface area contributed by atoms with Gasteiger partial charge in [-0.05, 0) is 61.2 Å². The Labute approximate surface area is 198 Å². The van der Waals surface area contributed by atoms with Gasteiger partial charge in [-0.25, -0.2) is 0 Å². The summed E-state index contributed by atoms with van der Waals surface area (Å²) in [5.41, 5.74) is 0.841. The Balaban J connectivity index is 1.40. The van der Waals surface area contributed by atoms with Crippen LogP contribution >= 0.6 is 0 Å². The highest BCUT2D eigenvalue weighted by Gasteiger charge is 2.44. The van der Waals surface area contributed by atoms with Crippen LogP contribution in [0.2, 0.25) is 0 Å². The van der Waals surface area contributed by atoms with E-state index in [4.69, 9.17) is 9.47 Å². The molecule has 0 aromatic rings. The molecule has 2 aliphatic carbocycles. The summed E-state index contributed by atoms with van der Waals surface area (Å²) in [6.07, 6.45) is 14.1. The summed E-state index contributed by atoms with van der Waals surface area (Å²) in [5, 5.41) is 0. The van der Waals surface area contributed by atoms with Crippen molar-refractivity contribution in [3.05, 3.63) is 0 Å². The summed E-state index contributed by atoms with van der Waals surface area (Å²) in [6, 6.07) is 1.56. The summed E-state index contributed by atoms with van der Waals surface area (Å²) < 4.78 is 11.4. The van der Waals surface area contributed by atoms with Gasteiger partial charge in [-0.3, -0.25) is 9.80 Å². The maximum atomic E-state index is 5.68. The first-order valence-corrected chi connectivity index (χ1v) is 14.0. The number of ether oxygens (including phenoxy) is 2. The zero-order valence-corrected chi connectivity index (χ0v) is 21.7. The fraction of sp³-hybridized carbons (Fsp3) is 1.00. The molecule has 0 aromatic heterocycles. The van der Waals surface area contributed by atoms with Gasteiger partial charge >= 0.3 is 0 Å². The summed E-state index contributed by atoms with van der Waals surface area (Å²) in [5.74, 6) is 1.68. The highest BCUT2D eigenvalue weighted by Crippen LogP contribution is 2.49. The molecule has 186 valence electrons. The van der Waals surface area contributed by atoms with Gasteiger partial charge < -0.3 is 9.47 Å². The Morgan fingerprint density at radius 2 is 0.906 bits per heavy atom. The topological polar surface area (TPSA) is 24.9 Å². The fourth-order valence-electron chi connectivity index (χ4n) is 7.75. The van der Waals surface area contributed by atoms with Crippen LogP contribution in [-0.4, -0.2) is 74.5 Å². The lowest BCUT2D eigenvalue weighted by Crippen LogP contribution is -2.52. The van der Waals surface area contributed by atoms with Crippen LogP contribution in [-0.2, 0) is 9.47 Å². The Kier molecular flexibility index (Phi) is 8.62. The van der Waals surface area contributed by atoms with Gasteiger partial charge in [0.15, 0.2) is 0 Å². The summed E-state index contributed by atoms with van der Waals surface area (Å²) in [7, 11) is 0. The molecule has 0 spiro atoms. The molecule has 0 bridgehead atoms. The van der Waals surface area contributed by atoms with E-state index in [1.165, 1.54) is 64.2 Å². The van der Waals surface area contributed by atoms with Crippen LogP contribution in [0.3, 0.4) is 0 Å². The third-order valence-corrected chi connectivity index (χ3v) is 9.91. The first-order valence-electron chi connectivity index (χ1n) is 14.0. The van der Waals surface area contributed by atoms with Gasteiger partial charge in [0.05, 0.1) is 26.4 Å². The first-order chi connectivity index (χ1) is 15.4. The van der Waals surface area contributed by atoms with Crippen molar-refractivity contribution >= 4 is 0 Å². The predicted molar refractivity (Wildman–Crippen MR) is 133 cm³/mol. The molecule has 0 aromatic carbocycles. The first kappa shape index (κ1) is 24.9. The number of nitrogens with zero attached hydrogens (tertiary/aromatic N) is 2. The SMILES string of the molecule is CC(C)(CCC(C)(C)C1CCCCC1N1CCOCC1)C1CCCCC1N1CCOCC1. The minimum atomic E-state index is 0.420. The highest BCUT2D eigenvalue weighted by molar-refractivity contribution is 4.96. The molecule has 2 heterocycles. The second-order valence-corrected chi connectivity index (χ2v) is 12.7. The quantitative estimate of drug-likeness (QED) is 0.506. The van der Waals surface area contributed by atoms with Crippen molar-refractivity contribution in [2.24, 2.45) is 22.7 Å². The molecule has 0 amide bonds. The molecule has 2 aliphatic heterocycles. The van der Waals surface area contributed by atoms with E-state index in [-0.39, 0.29) is 0 Å². The second kappa shape index (κ2) is 11.1. The van der Waals surface area contributed by atoms with Crippen molar-refractivity contribution in [2.75, 3.05) is 52.6 Å². The Hall–Kier alpha value is -0.160. The molecule has 2 saturated carbocycles. The lowest BCUT2D eigenvalue weighted by Gasteiger charge is -2.51. The maximum Gasteiger partial charge on any atom is 0.0594 e. The largest absolute Gasteiger partial charge is 0.379 e. The van der Waals surface area contributed by atoms with Gasteiger partial charge in [-0.2, -0.15) is 0 Å². The molecule has 4 heteroatoms. The molecule has 4 unspecified atom stereocenters. The normalized spacial score (nSPS) is 34.5. The second-order valence-electron chi connectivity index (χ2n) is 12.7. The Morgan fingerprint density at radius 1 is 0.562 bits per heavy atom. The van der Waals surface area contributed by atoms with Gasteiger partial charge in [-0.15, -0.1) is 0 Å². The zero-order chi connectivity index (χ0) is 22.6. The van der Waals surface area contributed by atoms with Crippen molar-refractivity contribution < 1.29 is 9.47 Å². The zero-order valence-electron chi connectivity index (χ0n) is 21.7. The lowest BCUT2D eigenvalue weighted by atomic mass is 9.61. The number of morpholine rings is 2. The van der Waals surface area contributed by atoms with Crippen LogP contribution in [0.5, 0.6) is 0 Å². The van der Waals surface area contributed by atoms with E-state index in [9.17, 15) is 0 Å². The van der Waals surface area contributed by atoms with Crippen molar-refractivity contribution in [2.45, 2.75) is 104 Å². The van der Waals surface area contributed by atoms with E-state index in [0.29, 0.717) is 10.8 Å². The molecule has 32 heavy (non-hydrogen) atoms. The fourth-order valence-corrected chi connectivity index (χ4v) is 7.75. The van der Waals surface area contributed by atoms with Crippen molar-refractivity contribution in [1.82, 2.24) is 9.80 Å². The number of rotatable bonds is 7. The van der Waals surface area contributed by atoms with E-state index in [2.05, 4.69) is 37.5 Å². The molecular formula is C28H52N2O2. The van der Waals surface area contributed by atoms with Crippen molar-refractivity contribution in [3.8, 4) is 0 Å². The van der Waals surface area contributed by atoms with Crippen molar-refractivity contribution in [3.63, 3.8) is 0 Å². The average Bonchev–Trinajstić information content (AvgIpc) is 2.84. The predicted octanol–water partition coefficient (Wildman–Crippen LogP) is 5.60. The van der Waals surface area contributed by atoms with Crippen LogP contribution in [0.1, 0.15) is 91.9 Å². The van der Waals surface area contributed by atoms with Crippen LogP contribution in [0.4, 0.5) is 0 Å². The molecule has 4 rings (SSSR count). The van der Waals surface area contributed by atoms with Crippen LogP contribution in [0.25, 0.3) is 0 Å². The minimum absolute atomic E-state index is 0.420. The minimum Gasteiger partial charge on any atom is -0.379 e. The van der Waals surface area contributed by atoms with Crippen LogP contribution in [0.15, 0.2) is 0 Å². The summed E-state index contributed by atoms with van der Waals surface area (Å²) in [6.45, 7) is 18.7. The van der Waals surface area contributed by atoms with Gasteiger partial charge in [0.2, 0.25) is 0 Å². The van der Waals surface area contributed by atoms with Crippen LogP contribution < -0.4 is 0 Å². The van der Waals surface area contributed by atoms with Crippen molar-refractivity contribution in [1.29, 1.82) is 0 Å². The van der Waals surface area contributed by atoms with Gasteiger partial charge in [0.1, 0.15) is 0 Å². The third-order valence-electron chi connectivity index (χ3n) is 9.91. The van der Waals surface area contributed by atoms with E-state index in [1.54, 1.807) is 0 Å². The molecular weight excluding hydrogens is 396 g/mol. The lowest BCUT2D eigenvalue weighted by molar-refractivity contribution is -0.0460. The third kappa shape index (κ3) is 5.90. The van der Waals surface area contributed by atoms with E-state index < -0.39 is 0 Å². The van der Waals surface area contributed by atoms with E-state index in [1.807, 2.05) is 0 Å². The molecule has 4 aliphatic rings. The van der Waals surface area contributed by atoms with Gasteiger partial charge in [0, 0.05) is 38.3 Å².